The van der Waals surface area contributed by atoms with E-state index in [0.29, 0.717) is 0 Å². The predicted octanol–water partition coefficient (Wildman–Crippen LogP) is 3.44. The number of aromatic nitrogens is 1. The molecule has 0 aliphatic heterocycles. The van der Waals surface area contributed by atoms with Gasteiger partial charge in [0.1, 0.15) is 11.4 Å². The monoisotopic (exact) mass is 474 g/mol. The van der Waals surface area contributed by atoms with Crippen LogP contribution in [0.4, 0.5) is 39.0 Å². The lowest BCUT2D eigenvalue weighted by atomic mass is 10.1. The van der Waals surface area contributed by atoms with Crippen molar-refractivity contribution in [1.82, 2.24) is 10.3 Å². The minimum atomic E-state index is -6.10. The van der Waals surface area contributed by atoms with Gasteiger partial charge in [-0.15, -0.1) is 0 Å². The molecule has 1 unspecified atom stereocenters. The fourth-order valence-electron chi connectivity index (χ4n) is 2.60. The number of nitrogens with one attached hydrogen (secondary N) is 3. The summed E-state index contributed by atoms with van der Waals surface area (Å²) < 4.78 is 67.5. The van der Waals surface area contributed by atoms with E-state index in [9.17, 15) is 36.3 Å². The number of rotatable bonds is 7. The summed E-state index contributed by atoms with van der Waals surface area (Å²) in [5.41, 5.74) is -4.02. The van der Waals surface area contributed by atoms with Crippen LogP contribution >= 0.6 is 11.6 Å². The molecule has 0 saturated carbocycles. The zero-order valence-corrected chi connectivity index (χ0v) is 16.4. The van der Waals surface area contributed by atoms with Gasteiger partial charge in [-0.3, -0.25) is 19.4 Å². The van der Waals surface area contributed by atoms with E-state index < -0.39 is 46.4 Å². The molecule has 0 bridgehead atoms. The minimum absolute atomic E-state index is 0.0372. The van der Waals surface area contributed by atoms with E-state index >= 15 is 0 Å². The van der Waals surface area contributed by atoms with Gasteiger partial charge in [-0.25, -0.2) is 0 Å². The Morgan fingerprint density at radius 1 is 1.00 bits per heavy atom. The van der Waals surface area contributed by atoms with Gasteiger partial charge >= 0.3 is 12.1 Å². The number of halogens is 6. The molecule has 0 radical (unpaired) electrons. The highest BCUT2D eigenvalue weighted by Gasteiger charge is 2.63. The van der Waals surface area contributed by atoms with Gasteiger partial charge < -0.3 is 16.0 Å². The first-order chi connectivity index (χ1) is 14.9. The van der Waals surface area contributed by atoms with Crippen molar-refractivity contribution < 1.29 is 26.7 Å². The Kier molecular flexibility index (Phi) is 6.17. The molecule has 0 fully saturated rings. The molecule has 3 N–H and O–H groups in total. The first-order valence-electron chi connectivity index (χ1n) is 8.69. The third-order valence-corrected chi connectivity index (χ3v) is 4.47. The van der Waals surface area contributed by atoms with Crippen LogP contribution in [0.3, 0.4) is 0 Å². The van der Waals surface area contributed by atoms with Gasteiger partial charge in [-0.2, -0.15) is 22.0 Å². The zero-order chi connectivity index (χ0) is 23.7. The number of carbonyl (C=O) groups is 1. The lowest BCUT2D eigenvalue weighted by Gasteiger charge is -2.31. The molecule has 0 aliphatic carbocycles. The molecule has 3 aromatic rings. The number of carbonyl (C=O) groups excluding carboxylic acids is 1. The molecule has 0 spiro atoms. The Bertz CT molecular complexity index is 1210. The molecular formula is C19H12ClF5N4O3. The molecule has 1 heterocycles. The zero-order valence-electron chi connectivity index (χ0n) is 15.6. The van der Waals surface area contributed by atoms with E-state index in [4.69, 9.17) is 11.6 Å². The van der Waals surface area contributed by atoms with Gasteiger partial charge in [0, 0.05) is 16.8 Å². The molecule has 32 heavy (non-hydrogen) atoms. The van der Waals surface area contributed by atoms with E-state index in [2.05, 4.69) is 10.3 Å². The SMILES string of the molecule is O=C(NC(Nc1c(Nc2cccnc2)c(=O)c1=O)C(F)(F)C(F)(F)F)c1cccc(Cl)c1. The minimum Gasteiger partial charge on any atom is -0.355 e. The molecule has 13 heteroatoms. The fraction of sp³-hybridized carbons (Fsp3) is 0.158. The van der Waals surface area contributed by atoms with Gasteiger partial charge in [0.25, 0.3) is 16.8 Å². The highest BCUT2D eigenvalue weighted by molar-refractivity contribution is 6.30. The number of pyridine rings is 1. The Hall–Kier alpha value is -3.54. The predicted molar refractivity (Wildman–Crippen MR) is 106 cm³/mol. The normalized spacial score (nSPS) is 12.9. The summed E-state index contributed by atoms with van der Waals surface area (Å²) >= 11 is 5.71. The second-order valence-electron chi connectivity index (χ2n) is 6.46. The first-order valence-corrected chi connectivity index (χ1v) is 9.07. The van der Waals surface area contributed by atoms with Crippen molar-refractivity contribution in [1.29, 1.82) is 0 Å². The van der Waals surface area contributed by atoms with Crippen LogP contribution in [0.1, 0.15) is 10.4 Å². The third kappa shape index (κ3) is 4.54. The van der Waals surface area contributed by atoms with Crippen LogP contribution in [0.15, 0.2) is 58.4 Å². The smallest absolute Gasteiger partial charge is 0.355 e. The van der Waals surface area contributed by atoms with Crippen LogP contribution in [-0.2, 0) is 0 Å². The summed E-state index contributed by atoms with van der Waals surface area (Å²) in [7, 11) is 0. The molecule has 1 aromatic heterocycles. The van der Waals surface area contributed by atoms with Crippen LogP contribution in [0.2, 0.25) is 5.02 Å². The van der Waals surface area contributed by atoms with E-state index in [0.717, 1.165) is 12.1 Å². The van der Waals surface area contributed by atoms with Crippen molar-refractivity contribution in [3.8, 4) is 0 Å². The summed E-state index contributed by atoms with van der Waals surface area (Å²) in [4.78, 5) is 39.8. The largest absolute Gasteiger partial charge is 0.457 e. The Labute approximate surface area is 180 Å². The summed E-state index contributed by atoms with van der Waals surface area (Å²) in [5, 5.41) is 5.63. The Morgan fingerprint density at radius 2 is 1.69 bits per heavy atom. The summed E-state index contributed by atoms with van der Waals surface area (Å²) in [6.45, 7) is 0. The van der Waals surface area contributed by atoms with Crippen molar-refractivity contribution in [2.24, 2.45) is 0 Å². The van der Waals surface area contributed by atoms with E-state index in [1.54, 1.807) is 5.32 Å². The molecule has 168 valence electrons. The topological polar surface area (TPSA) is 100 Å². The lowest BCUT2D eigenvalue weighted by molar-refractivity contribution is -0.289. The van der Waals surface area contributed by atoms with Crippen LogP contribution < -0.4 is 26.8 Å². The maximum Gasteiger partial charge on any atom is 0.457 e. The third-order valence-electron chi connectivity index (χ3n) is 4.23. The number of amides is 1. The number of nitrogens with zero attached hydrogens (tertiary/aromatic N) is 1. The summed E-state index contributed by atoms with van der Waals surface area (Å²) in [6.07, 6.45) is -6.60. The Balaban J connectivity index is 1.94. The number of alkyl halides is 5. The second-order valence-corrected chi connectivity index (χ2v) is 6.89. The van der Waals surface area contributed by atoms with Crippen molar-refractivity contribution in [2.75, 3.05) is 10.6 Å². The van der Waals surface area contributed by atoms with Gasteiger partial charge in [0.05, 0.1) is 11.9 Å². The number of hydrogen-bond donors (Lipinski definition) is 3. The van der Waals surface area contributed by atoms with Crippen LogP contribution in [-0.4, -0.2) is 29.2 Å². The van der Waals surface area contributed by atoms with Crippen molar-refractivity contribution in [3.63, 3.8) is 0 Å². The maximum absolute atomic E-state index is 14.2. The lowest BCUT2D eigenvalue weighted by Crippen LogP contribution is -2.60. The molecule has 2 aromatic carbocycles. The van der Waals surface area contributed by atoms with Crippen molar-refractivity contribution >= 4 is 34.6 Å². The highest BCUT2D eigenvalue weighted by Crippen LogP contribution is 2.39. The summed E-state index contributed by atoms with van der Waals surface area (Å²) in [5.74, 6) is -6.85. The molecule has 0 saturated heterocycles. The van der Waals surface area contributed by atoms with Gasteiger partial charge in [0.15, 0.2) is 6.17 Å². The van der Waals surface area contributed by atoms with Crippen molar-refractivity contribution in [3.05, 3.63) is 79.8 Å². The Morgan fingerprint density at radius 3 is 2.28 bits per heavy atom. The van der Waals surface area contributed by atoms with Gasteiger partial charge in [-0.05, 0) is 30.3 Å². The quantitative estimate of drug-likeness (QED) is 0.275. The van der Waals surface area contributed by atoms with E-state index in [1.165, 1.54) is 42.0 Å². The molecular weight excluding hydrogens is 463 g/mol. The summed E-state index contributed by atoms with van der Waals surface area (Å²) in [6, 6.07) is 7.69. The maximum atomic E-state index is 14.2. The van der Waals surface area contributed by atoms with Crippen LogP contribution in [0.25, 0.3) is 0 Å². The second kappa shape index (κ2) is 8.54. The van der Waals surface area contributed by atoms with Crippen molar-refractivity contribution in [2.45, 2.75) is 18.3 Å². The van der Waals surface area contributed by atoms with Crippen LogP contribution in [0.5, 0.6) is 0 Å². The number of anilines is 3. The molecule has 7 nitrogen and oxygen atoms in total. The number of hydrogen-bond acceptors (Lipinski definition) is 6. The molecule has 0 aliphatic rings. The van der Waals surface area contributed by atoms with E-state index in [1.807, 2.05) is 0 Å². The fourth-order valence-corrected chi connectivity index (χ4v) is 2.79. The molecule has 1 amide bonds. The van der Waals surface area contributed by atoms with Crippen LogP contribution in [0, 0.1) is 0 Å². The molecule has 1 atom stereocenters. The van der Waals surface area contributed by atoms with Gasteiger partial charge in [0.2, 0.25) is 0 Å². The first kappa shape index (κ1) is 23.1. The average Bonchev–Trinajstić information content (AvgIpc) is 2.74. The number of benzene rings is 1. The van der Waals surface area contributed by atoms with Gasteiger partial charge in [-0.1, -0.05) is 17.7 Å². The molecule has 3 rings (SSSR count). The van der Waals surface area contributed by atoms with E-state index in [-0.39, 0.29) is 16.3 Å². The standard InChI is InChI=1S/C19H12ClF5N4O3/c20-10-4-1-3-9(7-10)16(32)29-17(18(21,22)19(23,24)25)28-13-12(14(30)15(13)31)27-11-5-2-6-26-8-11/h1-8,17,27-28H,(H,29,32). The highest BCUT2D eigenvalue weighted by atomic mass is 35.5. The average molecular weight is 475 g/mol.